The molecule has 0 aromatic carbocycles. The smallest absolute Gasteiger partial charge is 0.306 e. The van der Waals surface area contributed by atoms with Crippen molar-refractivity contribution in [3.8, 4) is 0 Å². The van der Waals surface area contributed by atoms with Gasteiger partial charge in [0.2, 0.25) is 5.79 Å². The maximum atomic E-state index is 11.2. The second-order valence-corrected chi connectivity index (χ2v) is 4.05. The number of esters is 1. The lowest BCUT2D eigenvalue weighted by atomic mass is 9.83. The summed E-state index contributed by atoms with van der Waals surface area (Å²) in [5.41, 5.74) is 0. The van der Waals surface area contributed by atoms with E-state index in [0.29, 0.717) is 38.7 Å². The van der Waals surface area contributed by atoms with Crippen molar-refractivity contribution in [1.82, 2.24) is 0 Å². The molecule has 0 saturated heterocycles. The lowest BCUT2D eigenvalue weighted by Crippen LogP contribution is -2.38. The zero-order valence-electron chi connectivity index (χ0n) is 9.35. The van der Waals surface area contributed by atoms with Crippen LogP contribution in [0.4, 0.5) is 0 Å². The molecule has 0 amide bonds. The molecule has 0 atom stereocenters. The fourth-order valence-electron chi connectivity index (χ4n) is 1.98. The summed E-state index contributed by atoms with van der Waals surface area (Å²) < 4.78 is 4.85. The highest BCUT2D eigenvalue weighted by molar-refractivity contribution is 5.69. The normalized spacial score (nSPS) is 20.7. The van der Waals surface area contributed by atoms with Gasteiger partial charge in [-0.3, -0.25) is 4.79 Å². The Hall–Kier alpha value is -0.690. The van der Waals surface area contributed by atoms with E-state index in [-0.39, 0.29) is 11.9 Å². The van der Waals surface area contributed by atoms with Crippen LogP contribution in [0, 0.1) is 5.92 Å². The molecule has 0 aromatic heterocycles. The molecule has 16 heavy (non-hydrogen) atoms. The summed E-state index contributed by atoms with van der Waals surface area (Å²) in [7, 11) is 0. The minimum atomic E-state index is -1.31. The third kappa shape index (κ3) is 3.41. The van der Waals surface area contributed by atoms with Crippen LogP contribution in [0.3, 0.4) is 0 Å². The van der Waals surface area contributed by atoms with Crippen molar-refractivity contribution in [1.29, 1.82) is 0 Å². The minimum Gasteiger partial charge on any atom is -0.466 e. The monoisotopic (exact) mass is 234 g/mol. The van der Waals surface area contributed by atoms with E-state index >= 15 is 0 Å². The summed E-state index contributed by atoms with van der Waals surface area (Å²) in [6.45, 7) is 2.15. The molecule has 0 bridgehead atoms. The SMILES string of the molecule is CCOC(=O)CC1CCC(OO)(OO)CC1. The van der Waals surface area contributed by atoms with Crippen LogP contribution < -0.4 is 0 Å². The summed E-state index contributed by atoms with van der Waals surface area (Å²) in [5.74, 6) is -1.34. The van der Waals surface area contributed by atoms with E-state index in [2.05, 4.69) is 9.78 Å². The van der Waals surface area contributed by atoms with Gasteiger partial charge in [0.1, 0.15) is 0 Å². The first kappa shape index (κ1) is 13.4. The van der Waals surface area contributed by atoms with Crippen LogP contribution in [0.15, 0.2) is 0 Å². The molecule has 6 heteroatoms. The van der Waals surface area contributed by atoms with Crippen LogP contribution in [0.5, 0.6) is 0 Å². The molecule has 0 radical (unpaired) electrons. The molecule has 1 aliphatic rings. The lowest BCUT2D eigenvalue weighted by Gasteiger charge is -2.33. The predicted octanol–water partition coefficient (Wildman–Crippen LogP) is 1.81. The van der Waals surface area contributed by atoms with Crippen LogP contribution in [-0.2, 0) is 19.3 Å². The van der Waals surface area contributed by atoms with E-state index in [1.54, 1.807) is 6.92 Å². The quantitative estimate of drug-likeness (QED) is 0.326. The Morgan fingerprint density at radius 2 is 1.88 bits per heavy atom. The first-order valence-corrected chi connectivity index (χ1v) is 5.46. The van der Waals surface area contributed by atoms with Crippen molar-refractivity contribution in [2.24, 2.45) is 5.92 Å². The number of rotatable bonds is 5. The molecule has 1 rings (SSSR count). The van der Waals surface area contributed by atoms with Crippen LogP contribution in [-0.4, -0.2) is 28.9 Å². The van der Waals surface area contributed by atoms with Gasteiger partial charge in [-0.2, -0.15) is 0 Å². The van der Waals surface area contributed by atoms with Gasteiger partial charge >= 0.3 is 5.97 Å². The largest absolute Gasteiger partial charge is 0.466 e. The maximum Gasteiger partial charge on any atom is 0.306 e. The highest BCUT2D eigenvalue weighted by Gasteiger charge is 2.39. The predicted molar refractivity (Wildman–Crippen MR) is 53.4 cm³/mol. The fraction of sp³-hybridized carbons (Fsp3) is 0.900. The van der Waals surface area contributed by atoms with E-state index in [1.165, 1.54) is 0 Å². The van der Waals surface area contributed by atoms with E-state index in [0.717, 1.165) is 0 Å². The lowest BCUT2D eigenvalue weighted by molar-refractivity contribution is -0.493. The molecule has 1 aliphatic carbocycles. The molecule has 1 saturated carbocycles. The fourth-order valence-corrected chi connectivity index (χ4v) is 1.98. The Labute approximate surface area is 94.0 Å². The molecule has 0 heterocycles. The van der Waals surface area contributed by atoms with Crippen molar-refractivity contribution in [2.75, 3.05) is 6.61 Å². The molecule has 1 fully saturated rings. The number of carbonyl (C=O) groups excluding carboxylic acids is 1. The summed E-state index contributed by atoms with van der Waals surface area (Å²) in [6.07, 6.45) is 2.34. The van der Waals surface area contributed by atoms with Crippen molar-refractivity contribution >= 4 is 5.97 Å². The molecule has 94 valence electrons. The first-order chi connectivity index (χ1) is 7.65. The molecular formula is C10H18O6. The van der Waals surface area contributed by atoms with Crippen molar-refractivity contribution < 1.29 is 29.8 Å². The molecule has 2 N–H and O–H groups in total. The average molecular weight is 234 g/mol. The number of hydrogen-bond donors (Lipinski definition) is 2. The standard InChI is InChI=1S/C10H18O6/c1-2-14-9(11)7-8-3-5-10(15-12,16-13)6-4-8/h8,12-13H,2-7H2,1H3. The second-order valence-electron chi connectivity index (χ2n) is 4.05. The number of carbonyl (C=O) groups is 1. The summed E-state index contributed by atoms with van der Waals surface area (Å²) in [4.78, 5) is 19.5. The Bertz CT molecular complexity index is 215. The van der Waals surface area contributed by atoms with Crippen molar-refractivity contribution in [3.05, 3.63) is 0 Å². The summed E-state index contributed by atoms with van der Waals surface area (Å²) >= 11 is 0. The van der Waals surface area contributed by atoms with Gasteiger partial charge in [0.05, 0.1) is 6.61 Å². The zero-order chi connectivity index (χ0) is 12.0. The Kier molecular flexibility index (Phi) is 5.14. The third-order valence-electron chi connectivity index (χ3n) is 2.96. The van der Waals surface area contributed by atoms with Gasteiger partial charge in [0, 0.05) is 19.3 Å². The first-order valence-electron chi connectivity index (χ1n) is 5.46. The molecule has 6 nitrogen and oxygen atoms in total. The second kappa shape index (κ2) is 6.15. The zero-order valence-corrected chi connectivity index (χ0v) is 9.35. The maximum absolute atomic E-state index is 11.2. The van der Waals surface area contributed by atoms with Gasteiger partial charge in [-0.25, -0.2) is 20.3 Å². The van der Waals surface area contributed by atoms with E-state index in [9.17, 15) is 4.79 Å². The number of hydrogen-bond acceptors (Lipinski definition) is 6. The Morgan fingerprint density at radius 1 is 1.31 bits per heavy atom. The Morgan fingerprint density at radius 3 is 2.31 bits per heavy atom. The van der Waals surface area contributed by atoms with E-state index < -0.39 is 5.79 Å². The van der Waals surface area contributed by atoms with Gasteiger partial charge in [-0.1, -0.05) is 0 Å². The molecule has 0 aromatic rings. The van der Waals surface area contributed by atoms with Crippen molar-refractivity contribution in [3.63, 3.8) is 0 Å². The third-order valence-corrected chi connectivity index (χ3v) is 2.96. The summed E-state index contributed by atoms with van der Waals surface area (Å²) in [6, 6.07) is 0. The highest BCUT2D eigenvalue weighted by Crippen LogP contribution is 2.36. The van der Waals surface area contributed by atoms with Gasteiger partial charge in [-0.15, -0.1) is 0 Å². The Balaban J connectivity index is 2.34. The van der Waals surface area contributed by atoms with E-state index in [4.69, 9.17) is 15.3 Å². The topological polar surface area (TPSA) is 85.2 Å². The van der Waals surface area contributed by atoms with Crippen LogP contribution in [0.1, 0.15) is 39.0 Å². The summed E-state index contributed by atoms with van der Waals surface area (Å²) in [5, 5.41) is 17.2. The molecule has 0 spiro atoms. The minimum absolute atomic E-state index is 0.192. The van der Waals surface area contributed by atoms with Gasteiger partial charge in [0.15, 0.2) is 0 Å². The van der Waals surface area contributed by atoms with Gasteiger partial charge < -0.3 is 4.74 Å². The molecular weight excluding hydrogens is 216 g/mol. The van der Waals surface area contributed by atoms with Crippen molar-refractivity contribution in [2.45, 2.75) is 44.8 Å². The van der Waals surface area contributed by atoms with Crippen LogP contribution in [0.2, 0.25) is 0 Å². The molecule has 0 aliphatic heterocycles. The molecule has 0 unspecified atom stereocenters. The van der Waals surface area contributed by atoms with Crippen LogP contribution >= 0.6 is 0 Å². The number of ether oxygens (including phenoxy) is 1. The van der Waals surface area contributed by atoms with Gasteiger partial charge in [0.25, 0.3) is 0 Å². The van der Waals surface area contributed by atoms with E-state index in [1.807, 2.05) is 0 Å². The van der Waals surface area contributed by atoms with Crippen LogP contribution in [0.25, 0.3) is 0 Å². The van der Waals surface area contributed by atoms with Gasteiger partial charge in [-0.05, 0) is 25.7 Å². The highest BCUT2D eigenvalue weighted by atomic mass is 17.2. The average Bonchev–Trinajstić information content (AvgIpc) is 2.31.